The van der Waals surface area contributed by atoms with Gasteiger partial charge in [-0.2, -0.15) is 0 Å². The van der Waals surface area contributed by atoms with Gasteiger partial charge < -0.3 is 53.5 Å². The first-order chi connectivity index (χ1) is 63.2. The summed E-state index contributed by atoms with van der Waals surface area (Å²) in [5, 5.41) is 16.2. The second kappa shape index (κ2) is 54.2. The third-order valence-electron chi connectivity index (χ3n) is 20.5. The van der Waals surface area contributed by atoms with Crippen molar-refractivity contribution in [2.45, 2.75) is 78.6 Å². The SMILES string of the molecule is C[Si](C)(C)O.C[Si](C)(C)O.C[Si](O)(O[Si](C)(c1ccccc1)c1ccccc1)O[Si](C)(c1ccccc1)c1ccccc1.C[Si](O)(O[Si](C)(c1ccccc1)c1ccccc1)O[Si](C)(c1ccccc1)c1ccccc1.O=[Si](c1ccccc1)c1ccccc1.O=[Si](c1ccccc1)c1ccccc1.O=[Si](c1ccccc1)c1ccccc1.O=[Si](c1ccccc1)c1ccccc1.[Ce]. The van der Waals surface area contributed by atoms with Crippen LogP contribution in [0.15, 0.2) is 485 Å². The van der Waals surface area contributed by atoms with Gasteiger partial charge in [0, 0.05) is 96.3 Å². The molecule has 16 aromatic rings. The summed E-state index contributed by atoms with van der Waals surface area (Å²) < 4.78 is 75.3. The molecule has 0 aliphatic rings. The van der Waals surface area contributed by atoms with Gasteiger partial charge in [-0.15, -0.1) is 0 Å². The van der Waals surface area contributed by atoms with Crippen LogP contribution in [0, 0.1) is 41.7 Å². The molecule has 0 fully saturated rings. The first-order valence-corrected chi connectivity index (χ1v) is 70.6. The Morgan fingerprint density at radius 3 is 0.316 bits per heavy atom. The maximum Gasteiger partial charge on any atom is 0.474 e. The summed E-state index contributed by atoms with van der Waals surface area (Å²) in [6, 6.07) is 159. The van der Waals surface area contributed by atoms with Gasteiger partial charge in [0.1, 0.15) is 0 Å². The fraction of sp³-hybridized carbons (Fsp3) is 0.111. The standard InChI is InChI=1S/2C27H30O3Si3.4C12H10OSi.2C3H10OSi.Ce/c2*1-31(24-16-8-4-9-17-24,25-18-10-5-11-19-25)29-33(3,28)30-32(2,26-20-12-6-13-21-26)27-22-14-7-15-23-27;4*13-14(11-7-3-1-4-8-11)12-9-5-2-6-10-12;2*1-5(2,3)4;/h2*4-23,28H,1-3H3;4*1-10H;2*4H,1-3H3;. The van der Waals surface area contributed by atoms with Crippen LogP contribution in [0.25, 0.3) is 0 Å². The van der Waals surface area contributed by atoms with Gasteiger partial charge in [-0.25, -0.2) is 0 Å². The summed E-state index contributed by atoms with van der Waals surface area (Å²) in [5.74, 6) is 0. The summed E-state index contributed by atoms with van der Waals surface area (Å²) in [6.07, 6.45) is 0. The number of hydrogen-bond donors (Lipinski definition) is 4. The minimum absolute atomic E-state index is 0. The Kier molecular flexibility index (Phi) is 44.3. The molecule has 0 saturated heterocycles. The van der Waals surface area contributed by atoms with E-state index in [9.17, 15) is 27.4 Å². The number of hydrogen-bond acceptors (Lipinski definition) is 12. The average Bonchev–Trinajstić information content (AvgIpc) is 0.764. The molecular formula is C108H120CeO12Si12. The molecule has 676 valence electrons. The van der Waals surface area contributed by atoms with Crippen LogP contribution in [0.3, 0.4) is 0 Å². The van der Waals surface area contributed by atoms with Crippen LogP contribution in [0.2, 0.25) is 78.6 Å². The molecule has 16 rings (SSSR count). The molecular weight excluding hydrogens is 1970 g/mol. The molecule has 25 heteroatoms. The molecule has 0 aliphatic carbocycles. The number of benzene rings is 16. The molecule has 0 bridgehead atoms. The van der Waals surface area contributed by atoms with E-state index in [0.717, 1.165) is 83.0 Å². The van der Waals surface area contributed by atoms with E-state index < -0.39 is 102 Å². The molecule has 0 aliphatic heterocycles. The molecule has 0 aromatic heterocycles. The summed E-state index contributed by atoms with van der Waals surface area (Å²) in [5.41, 5.74) is 0. The molecule has 133 heavy (non-hydrogen) atoms. The van der Waals surface area contributed by atoms with E-state index in [4.69, 9.17) is 26.1 Å². The van der Waals surface area contributed by atoms with E-state index in [1.165, 1.54) is 0 Å². The van der Waals surface area contributed by atoms with Crippen molar-refractivity contribution in [1.29, 1.82) is 0 Å². The Bertz CT molecular complexity index is 4970. The molecule has 0 spiro atoms. The first kappa shape index (κ1) is 109. The topological polar surface area (TPSA) is 186 Å². The van der Waals surface area contributed by atoms with Crippen LogP contribution < -0.4 is 83.0 Å². The third kappa shape index (κ3) is 35.9. The molecule has 0 unspecified atom stereocenters. The summed E-state index contributed by atoms with van der Waals surface area (Å²) >= 11 is 0. The van der Waals surface area contributed by atoms with Crippen molar-refractivity contribution < 1.29 is 95.2 Å². The van der Waals surface area contributed by atoms with E-state index in [2.05, 4.69) is 123 Å². The Balaban J connectivity index is 0.000000200. The minimum atomic E-state index is -3.58. The molecule has 4 N–H and O–H groups in total. The smallest absolute Gasteiger partial charge is 0.433 e. The van der Waals surface area contributed by atoms with Gasteiger partial charge in [0.2, 0.25) is 33.3 Å². The maximum absolute atomic E-state index is 12.0. The van der Waals surface area contributed by atoms with E-state index in [-0.39, 0.29) is 41.7 Å². The maximum atomic E-state index is 12.0. The van der Waals surface area contributed by atoms with Crippen molar-refractivity contribution in [3.63, 3.8) is 0 Å². The van der Waals surface area contributed by atoms with Gasteiger partial charge in [0.05, 0.1) is 0 Å². The van der Waals surface area contributed by atoms with Gasteiger partial charge in [-0.1, -0.05) is 485 Å². The normalized spacial score (nSPS) is 11.2. The van der Waals surface area contributed by atoms with Gasteiger partial charge in [-0.05, 0) is 107 Å². The molecule has 0 atom stereocenters. The van der Waals surface area contributed by atoms with Crippen molar-refractivity contribution in [1.82, 2.24) is 0 Å². The Morgan fingerprint density at radius 1 is 0.158 bits per heavy atom. The molecule has 0 radical (unpaired) electrons. The monoisotopic (exact) mass is 2080 g/mol. The van der Waals surface area contributed by atoms with Crippen molar-refractivity contribution in [2.75, 3.05) is 0 Å². The van der Waals surface area contributed by atoms with Gasteiger partial charge >= 0.3 is 52.3 Å². The zero-order chi connectivity index (χ0) is 94.9. The van der Waals surface area contributed by atoms with E-state index >= 15 is 0 Å². The summed E-state index contributed by atoms with van der Waals surface area (Å²) in [7, 11) is -28.5. The third-order valence-corrected chi connectivity index (χ3v) is 51.4. The zero-order valence-electron chi connectivity index (χ0n) is 77.7. The first-order valence-electron chi connectivity index (χ1n) is 43.9. The second-order valence-corrected chi connectivity index (χ2v) is 69.5. The zero-order valence-corrected chi connectivity index (χ0v) is 92.9. The van der Waals surface area contributed by atoms with Gasteiger partial charge in [0.15, 0.2) is 16.6 Å². The summed E-state index contributed by atoms with van der Waals surface area (Å²) in [6.45, 7) is 23.4. The average molecular weight is 2090 g/mol. The van der Waals surface area contributed by atoms with Crippen LogP contribution in [0.1, 0.15) is 0 Å². The molecule has 0 amide bonds. The predicted octanol–water partition coefficient (Wildman–Crippen LogP) is 13.2. The fourth-order valence-electron chi connectivity index (χ4n) is 14.1. The van der Waals surface area contributed by atoms with Crippen molar-refractivity contribution >= 4 is 185 Å². The Labute approximate surface area is 836 Å². The van der Waals surface area contributed by atoms with Crippen LogP contribution in [-0.4, -0.2) is 121 Å². The Hall–Kier alpha value is -9.62. The van der Waals surface area contributed by atoms with Crippen LogP contribution >= 0.6 is 0 Å². The van der Waals surface area contributed by atoms with Crippen molar-refractivity contribution in [2.24, 2.45) is 0 Å². The number of rotatable bonds is 24. The summed E-state index contributed by atoms with van der Waals surface area (Å²) in [4.78, 5) is 40.9. The molecule has 0 saturated carbocycles. The Morgan fingerprint density at radius 2 is 0.233 bits per heavy atom. The fourth-order valence-corrected chi connectivity index (χ4v) is 44.4. The van der Waals surface area contributed by atoms with Gasteiger partial charge in [-0.3, -0.25) is 0 Å². The van der Waals surface area contributed by atoms with Crippen molar-refractivity contribution in [3.8, 4) is 0 Å². The molecule has 16 aromatic carbocycles. The second-order valence-electron chi connectivity index (χ2n) is 33.9. The van der Waals surface area contributed by atoms with Crippen LogP contribution in [0.5, 0.6) is 0 Å². The predicted molar refractivity (Wildman–Crippen MR) is 573 cm³/mol. The van der Waals surface area contributed by atoms with E-state index in [0.29, 0.717) is 0 Å². The molecule has 12 nitrogen and oxygen atoms in total. The van der Waals surface area contributed by atoms with Crippen LogP contribution in [0.4, 0.5) is 0 Å². The molecule has 0 heterocycles. The van der Waals surface area contributed by atoms with Crippen molar-refractivity contribution in [3.05, 3.63) is 485 Å². The van der Waals surface area contributed by atoms with E-state index in [1.807, 2.05) is 428 Å². The van der Waals surface area contributed by atoms with Gasteiger partial charge in [0.25, 0.3) is 0 Å². The van der Waals surface area contributed by atoms with E-state index in [1.54, 1.807) is 13.1 Å². The largest absolute Gasteiger partial charge is 0.474 e. The van der Waals surface area contributed by atoms with Crippen LogP contribution in [-0.2, 0) is 34.3 Å². The quantitative estimate of drug-likeness (QED) is 0.0420. The minimum Gasteiger partial charge on any atom is -0.433 e.